The zero-order valence-corrected chi connectivity index (χ0v) is 12.5. The third-order valence-corrected chi connectivity index (χ3v) is 3.99. The molecule has 4 nitrogen and oxygen atoms in total. The van der Waals surface area contributed by atoms with E-state index in [1.807, 2.05) is 6.92 Å². The van der Waals surface area contributed by atoms with E-state index in [4.69, 9.17) is 5.73 Å². The van der Waals surface area contributed by atoms with Gasteiger partial charge >= 0.3 is 0 Å². The number of carbonyl (C=O) groups is 1. The van der Waals surface area contributed by atoms with Gasteiger partial charge in [-0.1, -0.05) is 13.8 Å². The highest BCUT2D eigenvalue weighted by atomic mass is 16.2. The SMILES string of the molecule is CCC(C)(C)NC(=O)C(C)N1CC(C)CC(N)C1. The second-order valence-corrected chi connectivity index (χ2v) is 6.46. The van der Waals surface area contributed by atoms with Crippen molar-refractivity contribution in [2.45, 2.75) is 65.1 Å². The number of amides is 1. The largest absolute Gasteiger partial charge is 0.350 e. The van der Waals surface area contributed by atoms with Crippen LogP contribution in [0.25, 0.3) is 0 Å². The molecule has 1 rings (SSSR count). The van der Waals surface area contributed by atoms with Crippen LogP contribution in [0.3, 0.4) is 0 Å². The second kappa shape index (κ2) is 6.02. The quantitative estimate of drug-likeness (QED) is 0.797. The molecule has 0 aromatic rings. The van der Waals surface area contributed by atoms with Gasteiger partial charge in [0.1, 0.15) is 0 Å². The maximum absolute atomic E-state index is 12.2. The summed E-state index contributed by atoms with van der Waals surface area (Å²) in [4.78, 5) is 14.4. The molecule has 1 amide bonds. The fourth-order valence-corrected chi connectivity index (χ4v) is 2.45. The van der Waals surface area contributed by atoms with E-state index in [1.54, 1.807) is 0 Å². The summed E-state index contributed by atoms with van der Waals surface area (Å²) >= 11 is 0. The summed E-state index contributed by atoms with van der Waals surface area (Å²) < 4.78 is 0. The second-order valence-electron chi connectivity index (χ2n) is 6.46. The number of nitrogens with two attached hydrogens (primary N) is 1. The Morgan fingerprint density at radius 2 is 2.11 bits per heavy atom. The van der Waals surface area contributed by atoms with Crippen molar-refractivity contribution in [3.05, 3.63) is 0 Å². The lowest BCUT2D eigenvalue weighted by Crippen LogP contribution is -2.56. The van der Waals surface area contributed by atoms with E-state index in [9.17, 15) is 4.79 Å². The molecule has 1 heterocycles. The fourth-order valence-electron chi connectivity index (χ4n) is 2.45. The topological polar surface area (TPSA) is 58.4 Å². The minimum absolute atomic E-state index is 0.0929. The highest BCUT2D eigenvalue weighted by Gasteiger charge is 2.30. The molecular formula is C14H29N3O. The van der Waals surface area contributed by atoms with Crippen molar-refractivity contribution in [3.63, 3.8) is 0 Å². The summed E-state index contributed by atoms with van der Waals surface area (Å²) in [7, 11) is 0. The molecule has 1 saturated heterocycles. The van der Waals surface area contributed by atoms with Crippen molar-refractivity contribution in [1.29, 1.82) is 0 Å². The van der Waals surface area contributed by atoms with Gasteiger partial charge in [0.15, 0.2) is 0 Å². The normalized spacial score (nSPS) is 27.9. The van der Waals surface area contributed by atoms with Gasteiger partial charge in [0.05, 0.1) is 6.04 Å². The minimum atomic E-state index is -0.130. The van der Waals surface area contributed by atoms with Gasteiger partial charge in [-0.3, -0.25) is 9.69 Å². The number of carbonyl (C=O) groups excluding carboxylic acids is 1. The first-order valence-corrected chi connectivity index (χ1v) is 7.07. The molecule has 3 unspecified atom stereocenters. The minimum Gasteiger partial charge on any atom is -0.350 e. The Balaban J connectivity index is 2.58. The number of likely N-dealkylation sites (tertiary alicyclic amines) is 1. The van der Waals surface area contributed by atoms with Crippen molar-refractivity contribution in [2.75, 3.05) is 13.1 Å². The van der Waals surface area contributed by atoms with Gasteiger partial charge in [-0.25, -0.2) is 0 Å². The standard InChI is InChI=1S/C14H29N3O/c1-6-14(4,5)16-13(18)11(3)17-8-10(2)7-12(15)9-17/h10-12H,6-9,15H2,1-5H3,(H,16,18). The monoisotopic (exact) mass is 255 g/mol. The van der Waals surface area contributed by atoms with Crippen LogP contribution < -0.4 is 11.1 Å². The molecule has 1 fully saturated rings. The molecule has 1 aliphatic heterocycles. The molecule has 0 radical (unpaired) electrons. The maximum Gasteiger partial charge on any atom is 0.237 e. The third kappa shape index (κ3) is 4.25. The number of nitrogens with one attached hydrogen (secondary N) is 1. The summed E-state index contributed by atoms with van der Waals surface area (Å²) in [6.45, 7) is 12.2. The van der Waals surface area contributed by atoms with Gasteiger partial charge in [0, 0.05) is 24.7 Å². The van der Waals surface area contributed by atoms with E-state index in [1.165, 1.54) is 0 Å². The molecular weight excluding hydrogens is 226 g/mol. The zero-order valence-electron chi connectivity index (χ0n) is 12.5. The van der Waals surface area contributed by atoms with E-state index in [-0.39, 0.29) is 23.5 Å². The van der Waals surface area contributed by atoms with Crippen LogP contribution in [-0.2, 0) is 4.79 Å². The van der Waals surface area contributed by atoms with Crippen LogP contribution in [0, 0.1) is 5.92 Å². The Morgan fingerprint density at radius 1 is 1.50 bits per heavy atom. The third-order valence-electron chi connectivity index (χ3n) is 3.99. The molecule has 18 heavy (non-hydrogen) atoms. The summed E-state index contributed by atoms with van der Waals surface area (Å²) in [6.07, 6.45) is 1.99. The molecule has 0 aromatic carbocycles. The molecule has 4 heteroatoms. The van der Waals surface area contributed by atoms with Gasteiger partial charge < -0.3 is 11.1 Å². The van der Waals surface area contributed by atoms with E-state index >= 15 is 0 Å². The molecule has 1 aliphatic rings. The predicted octanol–water partition coefficient (Wildman–Crippen LogP) is 1.35. The Morgan fingerprint density at radius 3 is 2.61 bits per heavy atom. The number of hydrogen-bond acceptors (Lipinski definition) is 3. The van der Waals surface area contributed by atoms with Crippen molar-refractivity contribution in [2.24, 2.45) is 11.7 Å². The average Bonchev–Trinajstić information content (AvgIpc) is 2.26. The van der Waals surface area contributed by atoms with Crippen molar-refractivity contribution in [1.82, 2.24) is 10.2 Å². The lowest BCUT2D eigenvalue weighted by atomic mass is 9.95. The lowest BCUT2D eigenvalue weighted by Gasteiger charge is -2.39. The van der Waals surface area contributed by atoms with Gasteiger partial charge in [-0.15, -0.1) is 0 Å². The Labute approximate surface area is 111 Å². The molecule has 0 bridgehead atoms. The highest BCUT2D eigenvalue weighted by molar-refractivity contribution is 5.82. The van der Waals surface area contributed by atoms with Crippen LogP contribution in [0.15, 0.2) is 0 Å². The molecule has 0 aliphatic carbocycles. The Bertz CT molecular complexity index is 281. The molecule has 3 atom stereocenters. The predicted molar refractivity (Wildman–Crippen MR) is 75.3 cm³/mol. The first-order valence-electron chi connectivity index (χ1n) is 7.07. The van der Waals surface area contributed by atoms with E-state index in [2.05, 4.69) is 37.9 Å². The summed E-state index contributed by atoms with van der Waals surface area (Å²) in [5.41, 5.74) is 5.90. The summed E-state index contributed by atoms with van der Waals surface area (Å²) in [6, 6.07) is 0.104. The number of piperidine rings is 1. The molecule has 0 spiro atoms. The maximum atomic E-state index is 12.2. The summed E-state index contributed by atoms with van der Waals surface area (Å²) in [5, 5.41) is 3.11. The van der Waals surface area contributed by atoms with Gasteiger partial charge in [-0.05, 0) is 39.5 Å². The Kier molecular flexibility index (Phi) is 5.17. The first kappa shape index (κ1) is 15.4. The van der Waals surface area contributed by atoms with Crippen molar-refractivity contribution < 1.29 is 4.79 Å². The van der Waals surface area contributed by atoms with Crippen LogP contribution in [0.4, 0.5) is 0 Å². The van der Waals surface area contributed by atoms with E-state index in [0.29, 0.717) is 5.92 Å². The van der Waals surface area contributed by atoms with Crippen molar-refractivity contribution in [3.8, 4) is 0 Å². The molecule has 3 N–H and O–H groups in total. The van der Waals surface area contributed by atoms with Crippen LogP contribution in [0.1, 0.15) is 47.5 Å². The van der Waals surface area contributed by atoms with Gasteiger partial charge in [0.25, 0.3) is 0 Å². The van der Waals surface area contributed by atoms with Crippen LogP contribution in [-0.4, -0.2) is 41.5 Å². The van der Waals surface area contributed by atoms with E-state index in [0.717, 1.165) is 25.9 Å². The molecule has 0 saturated carbocycles. The number of rotatable bonds is 4. The fraction of sp³-hybridized carbons (Fsp3) is 0.929. The molecule has 0 aromatic heterocycles. The first-order chi connectivity index (χ1) is 8.25. The van der Waals surface area contributed by atoms with Gasteiger partial charge in [-0.2, -0.15) is 0 Å². The highest BCUT2D eigenvalue weighted by Crippen LogP contribution is 2.18. The molecule has 106 valence electrons. The van der Waals surface area contributed by atoms with Crippen LogP contribution in [0.5, 0.6) is 0 Å². The Hall–Kier alpha value is -0.610. The average molecular weight is 255 g/mol. The number of hydrogen-bond donors (Lipinski definition) is 2. The number of nitrogens with zero attached hydrogens (tertiary/aromatic N) is 1. The van der Waals surface area contributed by atoms with Crippen LogP contribution >= 0.6 is 0 Å². The zero-order chi connectivity index (χ0) is 13.9. The lowest BCUT2D eigenvalue weighted by molar-refractivity contribution is -0.128. The smallest absolute Gasteiger partial charge is 0.237 e. The summed E-state index contributed by atoms with van der Waals surface area (Å²) in [5.74, 6) is 0.686. The van der Waals surface area contributed by atoms with Crippen LogP contribution in [0.2, 0.25) is 0 Å². The van der Waals surface area contributed by atoms with Gasteiger partial charge in [0.2, 0.25) is 5.91 Å². The van der Waals surface area contributed by atoms with Crippen molar-refractivity contribution >= 4 is 5.91 Å². The van der Waals surface area contributed by atoms with E-state index < -0.39 is 0 Å².